The summed E-state index contributed by atoms with van der Waals surface area (Å²) >= 11 is 0. The van der Waals surface area contributed by atoms with E-state index in [1.165, 1.54) is 30.3 Å². The molecule has 5 nitrogen and oxygen atoms in total. The lowest BCUT2D eigenvalue weighted by Crippen LogP contribution is -2.15. The maximum atomic E-state index is 13.7. The molecule has 2 rings (SSSR count). The minimum Gasteiger partial charge on any atom is -0.321 e. The SMILES string of the molecule is Cc1ccc(F)c(C(=O)Nc2cc([N+](=O)[O-])ccc2C)c1. The van der Waals surface area contributed by atoms with Crippen LogP contribution in [0.3, 0.4) is 0 Å². The lowest BCUT2D eigenvalue weighted by Gasteiger charge is -2.09. The van der Waals surface area contributed by atoms with E-state index in [1.54, 1.807) is 19.9 Å². The first-order chi connectivity index (χ1) is 9.88. The van der Waals surface area contributed by atoms with Gasteiger partial charge in [-0.15, -0.1) is 0 Å². The fraction of sp³-hybridized carbons (Fsp3) is 0.133. The van der Waals surface area contributed by atoms with Crippen LogP contribution in [0, 0.1) is 29.8 Å². The molecule has 0 saturated heterocycles. The number of halogens is 1. The second-order valence-corrected chi connectivity index (χ2v) is 4.69. The lowest BCUT2D eigenvalue weighted by molar-refractivity contribution is -0.384. The first kappa shape index (κ1) is 14.6. The Morgan fingerprint density at radius 3 is 2.57 bits per heavy atom. The fourth-order valence-corrected chi connectivity index (χ4v) is 1.86. The van der Waals surface area contributed by atoms with E-state index in [-0.39, 0.29) is 16.9 Å². The van der Waals surface area contributed by atoms with Crippen molar-refractivity contribution in [3.63, 3.8) is 0 Å². The Morgan fingerprint density at radius 1 is 1.19 bits per heavy atom. The number of nitrogens with one attached hydrogen (secondary N) is 1. The summed E-state index contributed by atoms with van der Waals surface area (Å²) in [4.78, 5) is 22.3. The molecule has 0 fully saturated rings. The molecular formula is C15H13FN2O3. The zero-order chi connectivity index (χ0) is 15.6. The average molecular weight is 288 g/mol. The van der Waals surface area contributed by atoms with Crippen molar-refractivity contribution in [2.24, 2.45) is 0 Å². The Morgan fingerprint density at radius 2 is 1.90 bits per heavy atom. The molecule has 0 aliphatic carbocycles. The summed E-state index contributed by atoms with van der Waals surface area (Å²) in [6.45, 7) is 3.45. The van der Waals surface area contributed by atoms with E-state index in [4.69, 9.17) is 0 Å². The minimum absolute atomic E-state index is 0.0964. The number of non-ortho nitro benzene ring substituents is 1. The highest BCUT2D eigenvalue weighted by Crippen LogP contribution is 2.23. The molecule has 6 heteroatoms. The van der Waals surface area contributed by atoms with E-state index in [0.29, 0.717) is 5.56 Å². The standard InChI is InChI=1S/C15H13FN2O3/c1-9-3-6-13(16)12(7-9)15(19)17-14-8-11(18(20)21)5-4-10(14)2/h3-8H,1-2H3,(H,17,19). The third-order valence-corrected chi connectivity index (χ3v) is 3.05. The van der Waals surface area contributed by atoms with E-state index in [2.05, 4.69) is 5.32 Å². The van der Waals surface area contributed by atoms with Gasteiger partial charge in [0.1, 0.15) is 5.82 Å². The van der Waals surface area contributed by atoms with Crippen LogP contribution in [0.5, 0.6) is 0 Å². The molecule has 0 atom stereocenters. The first-order valence-electron chi connectivity index (χ1n) is 6.21. The van der Waals surface area contributed by atoms with Gasteiger partial charge in [0, 0.05) is 12.1 Å². The third kappa shape index (κ3) is 3.22. The molecule has 0 heterocycles. The van der Waals surface area contributed by atoms with Crippen molar-refractivity contribution in [1.29, 1.82) is 0 Å². The number of carbonyl (C=O) groups excluding carboxylic acids is 1. The molecule has 0 aromatic heterocycles. The molecular weight excluding hydrogens is 275 g/mol. The summed E-state index contributed by atoms with van der Waals surface area (Å²) in [7, 11) is 0. The van der Waals surface area contributed by atoms with Crippen LogP contribution < -0.4 is 5.32 Å². The summed E-state index contributed by atoms with van der Waals surface area (Å²) in [5.41, 5.74) is 1.45. The van der Waals surface area contributed by atoms with Crippen molar-refractivity contribution in [1.82, 2.24) is 0 Å². The Labute approximate surface area is 120 Å². The molecule has 108 valence electrons. The smallest absolute Gasteiger partial charge is 0.271 e. The minimum atomic E-state index is -0.639. The van der Waals surface area contributed by atoms with Gasteiger partial charge in [-0.2, -0.15) is 0 Å². The monoisotopic (exact) mass is 288 g/mol. The van der Waals surface area contributed by atoms with Gasteiger partial charge >= 0.3 is 0 Å². The Bertz CT molecular complexity index is 729. The number of carbonyl (C=O) groups is 1. The van der Waals surface area contributed by atoms with E-state index in [0.717, 1.165) is 5.56 Å². The van der Waals surface area contributed by atoms with Crippen molar-refractivity contribution < 1.29 is 14.1 Å². The topological polar surface area (TPSA) is 72.2 Å². The van der Waals surface area contributed by atoms with Crippen LogP contribution in [0.2, 0.25) is 0 Å². The van der Waals surface area contributed by atoms with Gasteiger partial charge in [-0.3, -0.25) is 14.9 Å². The van der Waals surface area contributed by atoms with Gasteiger partial charge in [-0.05, 0) is 31.5 Å². The van der Waals surface area contributed by atoms with Crippen LogP contribution in [-0.2, 0) is 0 Å². The zero-order valence-corrected chi connectivity index (χ0v) is 11.5. The largest absolute Gasteiger partial charge is 0.321 e. The maximum Gasteiger partial charge on any atom is 0.271 e. The Kier molecular flexibility index (Phi) is 3.98. The number of benzene rings is 2. The van der Waals surface area contributed by atoms with Crippen molar-refractivity contribution in [2.45, 2.75) is 13.8 Å². The number of aryl methyl sites for hydroxylation is 2. The van der Waals surface area contributed by atoms with Gasteiger partial charge in [0.15, 0.2) is 0 Å². The first-order valence-corrected chi connectivity index (χ1v) is 6.21. The molecule has 0 spiro atoms. The average Bonchev–Trinajstić information content (AvgIpc) is 2.43. The van der Waals surface area contributed by atoms with Crippen LogP contribution in [0.15, 0.2) is 36.4 Å². The van der Waals surface area contributed by atoms with Crippen molar-refractivity contribution in [3.05, 3.63) is 69.0 Å². The summed E-state index contributed by atoms with van der Waals surface area (Å²) in [5.74, 6) is -1.28. The van der Waals surface area contributed by atoms with Gasteiger partial charge in [-0.1, -0.05) is 17.7 Å². The molecule has 1 amide bonds. The number of hydrogen-bond donors (Lipinski definition) is 1. The third-order valence-electron chi connectivity index (χ3n) is 3.05. The van der Waals surface area contributed by atoms with Crippen LogP contribution in [0.4, 0.5) is 15.8 Å². The van der Waals surface area contributed by atoms with Crippen molar-refractivity contribution >= 4 is 17.3 Å². The number of nitro benzene ring substituents is 1. The molecule has 0 unspecified atom stereocenters. The number of nitro groups is 1. The van der Waals surface area contributed by atoms with Gasteiger partial charge < -0.3 is 5.32 Å². The number of hydrogen-bond acceptors (Lipinski definition) is 3. The fourth-order valence-electron chi connectivity index (χ4n) is 1.86. The normalized spacial score (nSPS) is 10.2. The quantitative estimate of drug-likeness (QED) is 0.692. The molecule has 0 saturated carbocycles. The summed E-state index contributed by atoms with van der Waals surface area (Å²) in [6.07, 6.45) is 0. The van der Waals surface area contributed by atoms with Crippen LogP contribution >= 0.6 is 0 Å². The van der Waals surface area contributed by atoms with Crippen molar-refractivity contribution in [2.75, 3.05) is 5.32 Å². The number of amides is 1. The van der Waals surface area contributed by atoms with Gasteiger partial charge in [0.2, 0.25) is 0 Å². The van der Waals surface area contributed by atoms with E-state index in [9.17, 15) is 19.3 Å². The van der Waals surface area contributed by atoms with Crippen molar-refractivity contribution in [3.8, 4) is 0 Å². The van der Waals surface area contributed by atoms with Gasteiger partial charge in [0.05, 0.1) is 16.2 Å². The molecule has 0 aliphatic rings. The predicted molar refractivity (Wildman–Crippen MR) is 76.9 cm³/mol. The number of nitrogens with zero attached hydrogens (tertiary/aromatic N) is 1. The molecule has 2 aromatic rings. The predicted octanol–water partition coefficient (Wildman–Crippen LogP) is 3.60. The summed E-state index contributed by atoms with van der Waals surface area (Å²) < 4.78 is 13.7. The summed E-state index contributed by atoms with van der Waals surface area (Å²) in [5, 5.41) is 13.3. The molecule has 0 radical (unpaired) electrons. The zero-order valence-electron chi connectivity index (χ0n) is 11.5. The number of rotatable bonds is 3. The highest BCUT2D eigenvalue weighted by atomic mass is 19.1. The Balaban J connectivity index is 2.33. The lowest BCUT2D eigenvalue weighted by atomic mass is 10.1. The van der Waals surface area contributed by atoms with Crippen LogP contribution in [0.25, 0.3) is 0 Å². The van der Waals surface area contributed by atoms with Gasteiger partial charge in [-0.25, -0.2) is 4.39 Å². The van der Waals surface area contributed by atoms with E-state index in [1.807, 2.05) is 0 Å². The molecule has 1 N–H and O–H groups in total. The van der Waals surface area contributed by atoms with Gasteiger partial charge in [0.25, 0.3) is 11.6 Å². The van der Waals surface area contributed by atoms with Crippen LogP contribution in [0.1, 0.15) is 21.5 Å². The molecule has 2 aromatic carbocycles. The second-order valence-electron chi connectivity index (χ2n) is 4.69. The highest BCUT2D eigenvalue weighted by Gasteiger charge is 2.15. The number of anilines is 1. The highest BCUT2D eigenvalue weighted by molar-refractivity contribution is 6.05. The Hall–Kier alpha value is -2.76. The molecule has 21 heavy (non-hydrogen) atoms. The van der Waals surface area contributed by atoms with E-state index >= 15 is 0 Å². The second kappa shape index (κ2) is 5.70. The molecule has 0 bridgehead atoms. The van der Waals surface area contributed by atoms with E-state index < -0.39 is 16.6 Å². The molecule has 0 aliphatic heterocycles. The van der Waals surface area contributed by atoms with Crippen LogP contribution in [-0.4, -0.2) is 10.8 Å². The maximum absolute atomic E-state index is 13.7. The summed E-state index contributed by atoms with van der Waals surface area (Å²) in [6, 6.07) is 8.33.